The van der Waals surface area contributed by atoms with Crippen molar-refractivity contribution in [2.75, 3.05) is 7.11 Å². The number of benzene rings is 2. The van der Waals surface area contributed by atoms with Crippen LogP contribution < -0.4 is 4.74 Å². The summed E-state index contributed by atoms with van der Waals surface area (Å²) in [5.74, 6) is 0.507. The van der Waals surface area contributed by atoms with E-state index in [2.05, 4.69) is 0 Å². The van der Waals surface area contributed by atoms with Gasteiger partial charge in [-0.3, -0.25) is 0 Å². The van der Waals surface area contributed by atoms with E-state index in [1.807, 2.05) is 48.5 Å². The van der Waals surface area contributed by atoms with Gasteiger partial charge in [0.25, 0.3) is 0 Å². The maximum atomic E-state index is 12.4. The summed E-state index contributed by atoms with van der Waals surface area (Å²) in [6.45, 7) is 0. The predicted molar refractivity (Wildman–Crippen MR) is 99.9 cm³/mol. The van der Waals surface area contributed by atoms with Crippen LogP contribution in [0.25, 0.3) is 16.7 Å². The normalized spacial score (nSPS) is 18.9. The number of methoxy groups -OCH3 is 1. The highest BCUT2D eigenvalue weighted by Crippen LogP contribution is 2.45. The van der Waals surface area contributed by atoms with Crippen LogP contribution in [0.3, 0.4) is 0 Å². The van der Waals surface area contributed by atoms with Crippen molar-refractivity contribution in [3.63, 3.8) is 0 Å². The summed E-state index contributed by atoms with van der Waals surface area (Å²) >= 11 is 0. The third-order valence-corrected chi connectivity index (χ3v) is 5.42. The van der Waals surface area contributed by atoms with E-state index in [1.165, 1.54) is 0 Å². The molecule has 0 bridgehead atoms. The topological polar surface area (TPSA) is 55.8 Å². The second-order valence-electron chi connectivity index (χ2n) is 6.97. The van der Waals surface area contributed by atoms with E-state index in [1.54, 1.807) is 7.11 Å². The fraction of sp³-hybridized carbons (Fsp3) is 0.318. The summed E-state index contributed by atoms with van der Waals surface area (Å²) < 4.78 is 10.8. The highest BCUT2D eigenvalue weighted by atomic mass is 16.6. The molecule has 134 valence electrons. The molecule has 1 spiro atoms. The number of rotatable bonds is 3. The lowest BCUT2D eigenvalue weighted by molar-refractivity contribution is -0.149. The lowest BCUT2D eigenvalue weighted by Gasteiger charge is -2.31. The summed E-state index contributed by atoms with van der Waals surface area (Å²) in [5, 5.41) is 10.8. The largest absolute Gasteiger partial charge is 0.507 e. The Balaban J connectivity index is 1.64. The molecule has 0 aromatic heterocycles. The molecular weight excluding hydrogens is 328 g/mol. The van der Waals surface area contributed by atoms with Crippen LogP contribution in [0.1, 0.15) is 37.7 Å². The molecule has 1 N–H and O–H groups in total. The highest BCUT2D eigenvalue weighted by molar-refractivity contribution is 6.19. The molecule has 4 rings (SSSR count). The van der Waals surface area contributed by atoms with Crippen molar-refractivity contribution in [3.8, 4) is 16.9 Å². The maximum Gasteiger partial charge on any atom is 0.343 e. The zero-order chi connectivity index (χ0) is 18.1. The van der Waals surface area contributed by atoms with Gasteiger partial charge in [-0.1, -0.05) is 42.8 Å². The molecule has 1 saturated carbocycles. The smallest absolute Gasteiger partial charge is 0.343 e. The van der Waals surface area contributed by atoms with Crippen LogP contribution in [0.4, 0.5) is 0 Å². The molecule has 1 aliphatic carbocycles. The van der Waals surface area contributed by atoms with Crippen LogP contribution in [-0.2, 0) is 9.53 Å². The molecule has 2 aromatic carbocycles. The first-order valence-electron chi connectivity index (χ1n) is 9.05. The third-order valence-electron chi connectivity index (χ3n) is 5.42. The molecule has 1 heterocycles. The summed E-state index contributed by atoms with van der Waals surface area (Å²) in [6, 6.07) is 15.5. The van der Waals surface area contributed by atoms with E-state index in [0.717, 1.165) is 36.1 Å². The van der Waals surface area contributed by atoms with Gasteiger partial charge in [-0.05, 0) is 54.5 Å². The van der Waals surface area contributed by atoms with E-state index < -0.39 is 11.6 Å². The molecule has 0 amide bonds. The number of carbonyl (C=O) groups is 1. The number of aliphatic hydroxyl groups excluding tert-OH is 1. The molecule has 0 radical (unpaired) electrons. The van der Waals surface area contributed by atoms with Gasteiger partial charge in [-0.25, -0.2) is 4.79 Å². The first kappa shape index (κ1) is 16.7. The van der Waals surface area contributed by atoms with E-state index >= 15 is 0 Å². The number of carbonyl (C=O) groups excluding carboxylic acids is 1. The third kappa shape index (κ3) is 2.75. The van der Waals surface area contributed by atoms with Gasteiger partial charge in [0.05, 0.1) is 7.11 Å². The van der Waals surface area contributed by atoms with E-state index in [9.17, 15) is 9.90 Å². The number of hydrogen-bond donors (Lipinski definition) is 1. The Morgan fingerprint density at radius 3 is 2.00 bits per heavy atom. The van der Waals surface area contributed by atoms with E-state index in [-0.39, 0.29) is 5.76 Å². The predicted octanol–water partition coefficient (Wildman–Crippen LogP) is 4.89. The Morgan fingerprint density at radius 2 is 1.42 bits per heavy atom. The standard InChI is InChI=1S/C22H22O4/c1-25-18-11-9-16(10-12-18)15-5-7-17(8-6-15)19-20(23)22(26-21(19)24)13-3-2-4-14-22/h5-12,23H,2-4,13-14H2,1H3. The monoisotopic (exact) mass is 350 g/mol. The van der Waals surface area contributed by atoms with Gasteiger partial charge in [0.2, 0.25) is 0 Å². The SMILES string of the molecule is COc1ccc(-c2ccc(C3=C(O)C4(CCCCC4)OC3=O)cc2)cc1. The second-order valence-corrected chi connectivity index (χ2v) is 6.97. The minimum Gasteiger partial charge on any atom is -0.507 e. The zero-order valence-corrected chi connectivity index (χ0v) is 14.8. The number of hydrogen-bond acceptors (Lipinski definition) is 4. The van der Waals surface area contributed by atoms with Crippen molar-refractivity contribution in [2.24, 2.45) is 0 Å². The summed E-state index contributed by atoms with van der Waals surface area (Å²) in [4.78, 5) is 12.4. The van der Waals surface area contributed by atoms with E-state index in [4.69, 9.17) is 9.47 Å². The van der Waals surface area contributed by atoms with Crippen LogP contribution in [0.5, 0.6) is 5.75 Å². The van der Waals surface area contributed by atoms with E-state index in [0.29, 0.717) is 24.0 Å². The quantitative estimate of drug-likeness (QED) is 0.801. The number of esters is 1. The molecule has 26 heavy (non-hydrogen) atoms. The van der Waals surface area contributed by atoms with Gasteiger partial charge < -0.3 is 14.6 Å². The Labute approximate surface area is 153 Å². The summed E-state index contributed by atoms with van der Waals surface area (Å²) in [6.07, 6.45) is 4.48. The Bertz CT molecular complexity index is 841. The summed E-state index contributed by atoms with van der Waals surface area (Å²) in [5.41, 5.74) is 2.32. The first-order valence-corrected chi connectivity index (χ1v) is 9.05. The molecule has 0 unspecified atom stereocenters. The van der Waals surface area contributed by atoms with Crippen LogP contribution >= 0.6 is 0 Å². The highest BCUT2D eigenvalue weighted by Gasteiger charge is 2.48. The van der Waals surface area contributed by atoms with Crippen LogP contribution in [0, 0.1) is 0 Å². The average Bonchev–Trinajstić information content (AvgIpc) is 2.92. The van der Waals surface area contributed by atoms with Crippen molar-refractivity contribution < 1.29 is 19.4 Å². The van der Waals surface area contributed by atoms with Gasteiger partial charge in [-0.15, -0.1) is 0 Å². The first-order chi connectivity index (χ1) is 12.6. The molecule has 2 aromatic rings. The van der Waals surface area contributed by atoms with Gasteiger partial charge in [0.15, 0.2) is 11.4 Å². The van der Waals surface area contributed by atoms with Crippen molar-refractivity contribution in [2.45, 2.75) is 37.7 Å². The minimum absolute atomic E-state index is 0.111. The Hall–Kier alpha value is -2.75. The van der Waals surface area contributed by atoms with Gasteiger partial charge in [0.1, 0.15) is 11.3 Å². The molecule has 0 saturated heterocycles. The molecule has 4 nitrogen and oxygen atoms in total. The second kappa shape index (κ2) is 6.52. The lowest BCUT2D eigenvalue weighted by atomic mass is 9.82. The summed E-state index contributed by atoms with van der Waals surface area (Å²) in [7, 11) is 1.64. The number of aliphatic hydroxyl groups is 1. The van der Waals surface area contributed by atoms with Crippen molar-refractivity contribution >= 4 is 11.5 Å². The zero-order valence-electron chi connectivity index (χ0n) is 14.8. The van der Waals surface area contributed by atoms with Crippen molar-refractivity contribution in [1.29, 1.82) is 0 Å². The molecule has 1 fully saturated rings. The van der Waals surface area contributed by atoms with Crippen LogP contribution in [0.15, 0.2) is 54.3 Å². The van der Waals surface area contributed by atoms with Crippen LogP contribution in [0.2, 0.25) is 0 Å². The Morgan fingerprint density at radius 1 is 0.885 bits per heavy atom. The molecule has 1 aliphatic heterocycles. The Kier molecular flexibility index (Phi) is 4.19. The lowest BCUT2D eigenvalue weighted by Crippen LogP contribution is -2.34. The van der Waals surface area contributed by atoms with Gasteiger partial charge in [0, 0.05) is 0 Å². The fourth-order valence-electron chi connectivity index (χ4n) is 3.93. The molecular formula is C22H22O4. The molecule has 2 aliphatic rings. The molecule has 4 heteroatoms. The van der Waals surface area contributed by atoms with Crippen LogP contribution in [-0.4, -0.2) is 23.8 Å². The molecule has 0 atom stereocenters. The van der Waals surface area contributed by atoms with Gasteiger partial charge >= 0.3 is 5.97 Å². The number of ether oxygens (including phenoxy) is 2. The van der Waals surface area contributed by atoms with Crippen molar-refractivity contribution in [3.05, 3.63) is 59.9 Å². The maximum absolute atomic E-state index is 12.4. The van der Waals surface area contributed by atoms with Gasteiger partial charge in [-0.2, -0.15) is 0 Å². The minimum atomic E-state index is -0.792. The fourth-order valence-corrected chi connectivity index (χ4v) is 3.93. The van der Waals surface area contributed by atoms with Crippen molar-refractivity contribution in [1.82, 2.24) is 0 Å². The average molecular weight is 350 g/mol.